The summed E-state index contributed by atoms with van der Waals surface area (Å²) in [5.74, 6) is 0. The molecule has 1 unspecified atom stereocenters. The normalized spacial score (nSPS) is 12.7. The summed E-state index contributed by atoms with van der Waals surface area (Å²) in [4.78, 5) is 5.97. The van der Waals surface area contributed by atoms with E-state index in [1.54, 1.807) is 11.3 Å². The fourth-order valence-corrected chi connectivity index (χ4v) is 3.28. The van der Waals surface area contributed by atoms with Crippen LogP contribution in [0.3, 0.4) is 0 Å². The minimum Gasteiger partial charge on any atom is -0.324 e. The number of nitrogens with zero attached hydrogens (tertiary/aromatic N) is 1. The van der Waals surface area contributed by atoms with E-state index in [1.807, 2.05) is 13.0 Å². The Labute approximate surface area is 123 Å². The molecule has 0 amide bonds. The van der Waals surface area contributed by atoms with Gasteiger partial charge in [0.2, 0.25) is 0 Å². The highest BCUT2D eigenvalue weighted by Crippen LogP contribution is 2.26. The molecule has 0 bridgehead atoms. The van der Waals surface area contributed by atoms with Crippen molar-refractivity contribution in [3.63, 3.8) is 0 Å². The fourth-order valence-electron chi connectivity index (χ4n) is 2.56. The standard InChI is InChI=1S/C17H18N2S/c1-12-11-15(14-6-2-3-7-17(14)19-12)16(18)9-8-13-5-4-10-20-13/h2-7,10-11,16H,8-9,18H2,1H3. The van der Waals surface area contributed by atoms with E-state index >= 15 is 0 Å². The molecule has 0 saturated heterocycles. The molecule has 0 aliphatic heterocycles. The zero-order valence-electron chi connectivity index (χ0n) is 11.5. The molecular weight excluding hydrogens is 264 g/mol. The van der Waals surface area contributed by atoms with Crippen molar-refractivity contribution >= 4 is 22.2 Å². The number of fused-ring (bicyclic) bond motifs is 1. The molecule has 2 heterocycles. The number of thiophene rings is 1. The van der Waals surface area contributed by atoms with Gasteiger partial charge in [-0.1, -0.05) is 24.3 Å². The number of aromatic nitrogens is 1. The largest absolute Gasteiger partial charge is 0.324 e. The number of aryl methyl sites for hydroxylation is 2. The molecule has 0 fully saturated rings. The number of pyridine rings is 1. The van der Waals surface area contributed by atoms with Crippen LogP contribution in [0.15, 0.2) is 47.8 Å². The summed E-state index contributed by atoms with van der Waals surface area (Å²) in [7, 11) is 0. The van der Waals surface area contributed by atoms with Crippen LogP contribution in [-0.4, -0.2) is 4.98 Å². The molecule has 0 radical (unpaired) electrons. The van der Waals surface area contributed by atoms with Crippen molar-refractivity contribution in [3.05, 3.63) is 64.0 Å². The third-order valence-electron chi connectivity index (χ3n) is 3.56. The lowest BCUT2D eigenvalue weighted by Gasteiger charge is -2.15. The van der Waals surface area contributed by atoms with E-state index in [-0.39, 0.29) is 6.04 Å². The smallest absolute Gasteiger partial charge is 0.0708 e. The molecule has 1 aromatic carbocycles. The Bertz CT molecular complexity index is 704. The highest BCUT2D eigenvalue weighted by atomic mass is 32.1. The van der Waals surface area contributed by atoms with Gasteiger partial charge < -0.3 is 5.73 Å². The van der Waals surface area contributed by atoms with Gasteiger partial charge in [0, 0.05) is 22.0 Å². The maximum Gasteiger partial charge on any atom is 0.0708 e. The van der Waals surface area contributed by atoms with Gasteiger partial charge in [-0.05, 0) is 48.9 Å². The summed E-state index contributed by atoms with van der Waals surface area (Å²) in [6, 6.07) is 14.7. The van der Waals surface area contributed by atoms with Crippen LogP contribution in [0.1, 0.15) is 28.6 Å². The molecule has 3 aromatic rings. The Morgan fingerprint density at radius 1 is 1.20 bits per heavy atom. The molecule has 20 heavy (non-hydrogen) atoms. The molecule has 0 aliphatic rings. The maximum atomic E-state index is 6.42. The molecule has 2 N–H and O–H groups in total. The Hall–Kier alpha value is -1.71. The van der Waals surface area contributed by atoms with Gasteiger partial charge in [0.25, 0.3) is 0 Å². The van der Waals surface area contributed by atoms with Crippen molar-refractivity contribution in [1.29, 1.82) is 0 Å². The van der Waals surface area contributed by atoms with Crippen LogP contribution < -0.4 is 5.73 Å². The van der Waals surface area contributed by atoms with Gasteiger partial charge in [0.15, 0.2) is 0 Å². The first-order valence-electron chi connectivity index (χ1n) is 6.88. The quantitative estimate of drug-likeness (QED) is 0.777. The van der Waals surface area contributed by atoms with Gasteiger partial charge in [-0.25, -0.2) is 0 Å². The number of hydrogen-bond acceptors (Lipinski definition) is 3. The van der Waals surface area contributed by atoms with Crippen molar-refractivity contribution < 1.29 is 0 Å². The molecule has 3 heteroatoms. The average Bonchev–Trinajstić information content (AvgIpc) is 2.97. The lowest BCUT2D eigenvalue weighted by atomic mass is 9.98. The molecule has 2 nitrogen and oxygen atoms in total. The maximum absolute atomic E-state index is 6.42. The lowest BCUT2D eigenvalue weighted by Crippen LogP contribution is -2.12. The fraction of sp³-hybridized carbons (Fsp3) is 0.235. The zero-order chi connectivity index (χ0) is 13.9. The van der Waals surface area contributed by atoms with E-state index in [4.69, 9.17) is 5.73 Å². The Balaban J connectivity index is 1.88. The van der Waals surface area contributed by atoms with E-state index in [9.17, 15) is 0 Å². The number of nitrogens with two attached hydrogens (primary N) is 1. The van der Waals surface area contributed by atoms with Gasteiger partial charge in [-0.2, -0.15) is 0 Å². The summed E-state index contributed by atoms with van der Waals surface area (Å²) >= 11 is 1.80. The molecule has 102 valence electrons. The van der Waals surface area contributed by atoms with Crippen molar-refractivity contribution in [2.75, 3.05) is 0 Å². The SMILES string of the molecule is Cc1cc(C(N)CCc2cccs2)c2ccccc2n1. The second kappa shape index (κ2) is 5.73. The van der Waals surface area contributed by atoms with Crippen LogP contribution >= 0.6 is 11.3 Å². The molecule has 0 aliphatic carbocycles. The van der Waals surface area contributed by atoms with Gasteiger partial charge in [0.05, 0.1) is 5.52 Å². The molecule has 2 aromatic heterocycles. The summed E-state index contributed by atoms with van der Waals surface area (Å²) in [5.41, 5.74) is 9.70. The van der Waals surface area contributed by atoms with E-state index in [0.29, 0.717) is 0 Å². The first-order chi connectivity index (χ1) is 9.74. The summed E-state index contributed by atoms with van der Waals surface area (Å²) in [6.07, 6.45) is 2.00. The third kappa shape index (κ3) is 2.74. The molecule has 0 saturated carbocycles. The molecule has 1 atom stereocenters. The van der Waals surface area contributed by atoms with Crippen molar-refractivity contribution in [1.82, 2.24) is 4.98 Å². The predicted molar refractivity (Wildman–Crippen MR) is 86.0 cm³/mol. The highest BCUT2D eigenvalue weighted by molar-refractivity contribution is 7.09. The number of rotatable bonds is 4. The van der Waals surface area contributed by atoms with Gasteiger partial charge >= 0.3 is 0 Å². The lowest BCUT2D eigenvalue weighted by molar-refractivity contribution is 0.659. The molecular formula is C17H18N2S. The molecule has 3 rings (SSSR count). The minimum absolute atomic E-state index is 0.0590. The van der Waals surface area contributed by atoms with Crippen molar-refractivity contribution in [3.8, 4) is 0 Å². The Morgan fingerprint density at radius 2 is 2.05 bits per heavy atom. The van der Waals surface area contributed by atoms with Crippen LogP contribution in [0.4, 0.5) is 0 Å². The number of benzene rings is 1. The van der Waals surface area contributed by atoms with E-state index in [1.165, 1.54) is 15.8 Å². The first-order valence-corrected chi connectivity index (χ1v) is 7.76. The second-order valence-corrected chi connectivity index (χ2v) is 6.13. The van der Waals surface area contributed by atoms with Crippen molar-refractivity contribution in [2.45, 2.75) is 25.8 Å². The van der Waals surface area contributed by atoms with Crippen LogP contribution in [-0.2, 0) is 6.42 Å². The summed E-state index contributed by atoms with van der Waals surface area (Å²) in [6.45, 7) is 2.03. The van der Waals surface area contributed by atoms with Gasteiger partial charge in [-0.3, -0.25) is 4.98 Å². The first kappa shape index (κ1) is 13.3. The summed E-state index contributed by atoms with van der Waals surface area (Å²) < 4.78 is 0. The minimum atomic E-state index is 0.0590. The third-order valence-corrected chi connectivity index (χ3v) is 4.49. The monoisotopic (exact) mass is 282 g/mol. The number of hydrogen-bond donors (Lipinski definition) is 1. The van der Waals surface area contributed by atoms with Crippen LogP contribution in [0.5, 0.6) is 0 Å². The number of para-hydroxylation sites is 1. The van der Waals surface area contributed by atoms with E-state index in [0.717, 1.165) is 24.1 Å². The summed E-state index contributed by atoms with van der Waals surface area (Å²) in [5, 5.41) is 3.30. The van der Waals surface area contributed by atoms with Crippen LogP contribution in [0.2, 0.25) is 0 Å². The predicted octanol–water partition coefficient (Wildman–Crippen LogP) is 4.24. The molecule has 0 spiro atoms. The topological polar surface area (TPSA) is 38.9 Å². The van der Waals surface area contributed by atoms with Crippen molar-refractivity contribution in [2.24, 2.45) is 5.73 Å². The van der Waals surface area contributed by atoms with Gasteiger partial charge in [0.1, 0.15) is 0 Å². The highest BCUT2D eigenvalue weighted by Gasteiger charge is 2.12. The van der Waals surface area contributed by atoms with E-state index < -0.39 is 0 Å². The Morgan fingerprint density at radius 3 is 2.85 bits per heavy atom. The van der Waals surface area contributed by atoms with Crippen LogP contribution in [0, 0.1) is 6.92 Å². The van der Waals surface area contributed by atoms with E-state index in [2.05, 4.69) is 46.8 Å². The second-order valence-electron chi connectivity index (χ2n) is 5.09. The van der Waals surface area contributed by atoms with Crippen LogP contribution in [0.25, 0.3) is 10.9 Å². The average molecular weight is 282 g/mol. The van der Waals surface area contributed by atoms with Gasteiger partial charge in [-0.15, -0.1) is 11.3 Å². The zero-order valence-corrected chi connectivity index (χ0v) is 12.4. The Kier molecular flexibility index (Phi) is 3.81.